The van der Waals surface area contributed by atoms with Gasteiger partial charge in [0.15, 0.2) is 5.43 Å². The lowest BCUT2D eigenvalue weighted by molar-refractivity contribution is 0.636. The lowest BCUT2D eigenvalue weighted by Gasteiger charge is -2.07. The van der Waals surface area contributed by atoms with Gasteiger partial charge in [-0.2, -0.15) is 0 Å². The second-order valence-corrected chi connectivity index (χ2v) is 4.81. The smallest absolute Gasteiger partial charge is 0.189 e. The molecule has 0 bridgehead atoms. The first-order valence-electron chi connectivity index (χ1n) is 5.69. The van der Waals surface area contributed by atoms with Gasteiger partial charge in [-0.15, -0.1) is 0 Å². The summed E-state index contributed by atoms with van der Waals surface area (Å²) in [5.41, 5.74) is 3.20. The number of nitrogens with one attached hydrogen (secondary N) is 1. The Bertz CT molecular complexity index is 566. The molecule has 0 saturated heterocycles. The first-order valence-corrected chi connectivity index (χ1v) is 5.69. The van der Waals surface area contributed by atoms with Crippen LogP contribution in [0.2, 0.25) is 0 Å². The van der Waals surface area contributed by atoms with Crippen molar-refractivity contribution in [3.05, 3.63) is 45.7 Å². The number of hydrogen-bond donors (Lipinski definition) is 1. The molecule has 16 heavy (non-hydrogen) atoms. The van der Waals surface area contributed by atoms with Gasteiger partial charge in [-0.25, -0.2) is 0 Å². The first kappa shape index (κ1) is 10.9. The normalized spacial score (nSPS) is 11.2. The molecule has 0 spiro atoms. The summed E-state index contributed by atoms with van der Waals surface area (Å²) in [4.78, 5) is 15.2. The van der Waals surface area contributed by atoms with E-state index in [0.29, 0.717) is 5.92 Å². The Labute approximate surface area is 95.3 Å². The van der Waals surface area contributed by atoms with Crippen molar-refractivity contribution in [1.82, 2.24) is 4.98 Å². The van der Waals surface area contributed by atoms with Gasteiger partial charge < -0.3 is 4.98 Å². The molecule has 0 aliphatic rings. The zero-order valence-electron chi connectivity index (χ0n) is 10.0. The van der Waals surface area contributed by atoms with Crippen LogP contribution >= 0.6 is 0 Å². The van der Waals surface area contributed by atoms with E-state index in [0.717, 1.165) is 28.6 Å². The van der Waals surface area contributed by atoms with Crippen molar-refractivity contribution < 1.29 is 0 Å². The number of rotatable bonds is 2. The highest BCUT2D eigenvalue weighted by molar-refractivity contribution is 5.79. The summed E-state index contributed by atoms with van der Waals surface area (Å²) >= 11 is 0. The van der Waals surface area contributed by atoms with Crippen LogP contribution in [0.15, 0.2) is 29.1 Å². The minimum Gasteiger partial charge on any atom is -0.358 e. The van der Waals surface area contributed by atoms with E-state index in [2.05, 4.69) is 18.8 Å². The van der Waals surface area contributed by atoms with Crippen molar-refractivity contribution in [2.45, 2.75) is 27.2 Å². The van der Waals surface area contributed by atoms with Crippen LogP contribution in [0.25, 0.3) is 10.9 Å². The van der Waals surface area contributed by atoms with Gasteiger partial charge in [-0.3, -0.25) is 4.79 Å². The third-order valence-corrected chi connectivity index (χ3v) is 2.67. The van der Waals surface area contributed by atoms with E-state index in [-0.39, 0.29) is 5.43 Å². The minimum absolute atomic E-state index is 0.119. The Morgan fingerprint density at radius 2 is 2.00 bits per heavy atom. The van der Waals surface area contributed by atoms with E-state index < -0.39 is 0 Å². The second-order valence-electron chi connectivity index (χ2n) is 4.81. The highest BCUT2D eigenvalue weighted by Gasteiger charge is 2.03. The molecule has 0 aliphatic heterocycles. The third kappa shape index (κ3) is 2.16. The largest absolute Gasteiger partial charge is 0.358 e. The van der Waals surface area contributed by atoms with Gasteiger partial charge in [-0.05, 0) is 31.4 Å². The molecule has 0 fully saturated rings. The number of hydrogen-bond acceptors (Lipinski definition) is 1. The summed E-state index contributed by atoms with van der Waals surface area (Å²) in [5.74, 6) is 0.554. The molecule has 2 nitrogen and oxygen atoms in total. The fourth-order valence-electron chi connectivity index (χ4n) is 1.97. The summed E-state index contributed by atoms with van der Waals surface area (Å²) in [7, 11) is 0. The Kier molecular flexibility index (Phi) is 2.82. The monoisotopic (exact) mass is 215 g/mol. The quantitative estimate of drug-likeness (QED) is 0.820. The van der Waals surface area contributed by atoms with Crippen LogP contribution in [0.5, 0.6) is 0 Å². The van der Waals surface area contributed by atoms with E-state index in [1.54, 1.807) is 6.07 Å². The van der Waals surface area contributed by atoms with Crippen molar-refractivity contribution in [3.63, 3.8) is 0 Å². The Morgan fingerprint density at radius 3 is 2.69 bits per heavy atom. The summed E-state index contributed by atoms with van der Waals surface area (Å²) in [5, 5.41) is 0.785. The molecule has 0 radical (unpaired) electrons. The predicted molar refractivity (Wildman–Crippen MR) is 67.8 cm³/mol. The zero-order chi connectivity index (χ0) is 11.7. The molecule has 1 aromatic carbocycles. The topological polar surface area (TPSA) is 32.9 Å². The highest BCUT2D eigenvalue weighted by Crippen LogP contribution is 2.12. The van der Waals surface area contributed by atoms with Crippen LogP contribution in [0, 0.1) is 12.8 Å². The maximum Gasteiger partial charge on any atom is 0.189 e. The van der Waals surface area contributed by atoms with Crippen molar-refractivity contribution >= 4 is 10.9 Å². The van der Waals surface area contributed by atoms with E-state index >= 15 is 0 Å². The molecular formula is C14H17NO. The number of benzene rings is 1. The van der Waals surface area contributed by atoms with Crippen LogP contribution in [-0.2, 0) is 6.42 Å². The summed E-state index contributed by atoms with van der Waals surface area (Å²) in [6.07, 6.45) is 0.916. The molecule has 0 aliphatic carbocycles. The lowest BCUT2D eigenvalue weighted by Crippen LogP contribution is -2.07. The van der Waals surface area contributed by atoms with Crippen LogP contribution in [0.1, 0.15) is 25.1 Å². The first-order chi connectivity index (χ1) is 7.56. The molecule has 84 valence electrons. The van der Waals surface area contributed by atoms with Crippen LogP contribution in [0.3, 0.4) is 0 Å². The molecule has 2 aromatic rings. The molecule has 2 rings (SSSR count). The van der Waals surface area contributed by atoms with Gasteiger partial charge in [0.1, 0.15) is 0 Å². The Morgan fingerprint density at radius 1 is 1.25 bits per heavy atom. The SMILES string of the molecule is Cc1ccc2[nH]c(CC(C)C)cc(=O)c2c1. The van der Waals surface area contributed by atoms with Gasteiger partial charge in [0.05, 0.1) is 0 Å². The number of aromatic amines is 1. The molecule has 1 heterocycles. The van der Waals surface area contributed by atoms with E-state index in [4.69, 9.17) is 0 Å². The van der Waals surface area contributed by atoms with Gasteiger partial charge in [-0.1, -0.05) is 25.5 Å². The van der Waals surface area contributed by atoms with E-state index in [9.17, 15) is 4.79 Å². The molecule has 2 heteroatoms. The number of pyridine rings is 1. The predicted octanol–water partition coefficient (Wildman–Crippen LogP) is 3.04. The fourth-order valence-corrected chi connectivity index (χ4v) is 1.97. The molecule has 1 N–H and O–H groups in total. The van der Waals surface area contributed by atoms with E-state index in [1.807, 2.05) is 25.1 Å². The zero-order valence-corrected chi connectivity index (χ0v) is 10.0. The average Bonchev–Trinajstić information content (AvgIpc) is 2.18. The summed E-state index contributed by atoms with van der Waals surface area (Å²) < 4.78 is 0. The number of H-pyrrole nitrogens is 1. The van der Waals surface area contributed by atoms with Gasteiger partial charge in [0, 0.05) is 22.7 Å². The Balaban J connectivity index is 2.59. The van der Waals surface area contributed by atoms with Gasteiger partial charge in [0.2, 0.25) is 0 Å². The molecular weight excluding hydrogens is 198 g/mol. The fraction of sp³-hybridized carbons (Fsp3) is 0.357. The number of fused-ring (bicyclic) bond motifs is 1. The molecule has 0 saturated carbocycles. The van der Waals surface area contributed by atoms with Crippen LogP contribution < -0.4 is 5.43 Å². The van der Waals surface area contributed by atoms with Gasteiger partial charge in [0.25, 0.3) is 0 Å². The number of aryl methyl sites for hydroxylation is 1. The molecule has 0 unspecified atom stereocenters. The average molecular weight is 215 g/mol. The maximum absolute atomic E-state index is 11.9. The molecule has 0 atom stereocenters. The van der Waals surface area contributed by atoms with Crippen molar-refractivity contribution in [3.8, 4) is 0 Å². The second kappa shape index (κ2) is 4.12. The van der Waals surface area contributed by atoms with Gasteiger partial charge >= 0.3 is 0 Å². The standard InChI is InChI=1S/C14H17NO/c1-9(2)6-11-8-14(16)12-7-10(3)4-5-13(12)15-11/h4-5,7-9H,6H2,1-3H3,(H,15,16). The van der Waals surface area contributed by atoms with Crippen molar-refractivity contribution in [2.24, 2.45) is 5.92 Å². The van der Waals surface area contributed by atoms with Crippen molar-refractivity contribution in [1.29, 1.82) is 0 Å². The molecule has 0 amide bonds. The highest BCUT2D eigenvalue weighted by atomic mass is 16.1. The van der Waals surface area contributed by atoms with E-state index in [1.165, 1.54) is 0 Å². The summed E-state index contributed by atoms with van der Waals surface area (Å²) in [6.45, 7) is 6.30. The Hall–Kier alpha value is -1.57. The summed E-state index contributed by atoms with van der Waals surface area (Å²) in [6, 6.07) is 7.67. The minimum atomic E-state index is 0.119. The third-order valence-electron chi connectivity index (χ3n) is 2.67. The number of aromatic nitrogens is 1. The lowest BCUT2D eigenvalue weighted by atomic mass is 10.1. The van der Waals surface area contributed by atoms with Crippen LogP contribution in [0.4, 0.5) is 0 Å². The van der Waals surface area contributed by atoms with Crippen LogP contribution in [-0.4, -0.2) is 4.98 Å². The molecule has 1 aromatic heterocycles. The maximum atomic E-state index is 11.9. The van der Waals surface area contributed by atoms with Crippen molar-refractivity contribution in [2.75, 3.05) is 0 Å².